The van der Waals surface area contributed by atoms with Crippen LogP contribution in [-0.4, -0.2) is 56.3 Å². The molecule has 9 nitrogen and oxygen atoms in total. The summed E-state index contributed by atoms with van der Waals surface area (Å²) < 4.78 is 16.3. The lowest BCUT2D eigenvalue weighted by Crippen LogP contribution is -2.46. The van der Waals surface area contributed by atoms with E-state index in [0.717, 1.165) is 31.7 Å². The van der Waals surface area contributed by atoms with Crippen LogP contribution in [0.4, 0.5) is 0 Å². The van der Waals surface area contributed by atoms with Crippen molar-refractivity contribution < 1.29 is 13.5 Å². The zero-order chi connectivity index (χ0) is 21.2. The van der Waals surface area contributed by atoms with Crippen LogP contribution in [0.3, 0.4) is 0 Å². The van der Waals surface area contributed by atoms with Gasteiger partial charge in [0.05, 0.1) is 18.8 Å². The monoisotopic (exact) mass is 420 g/mol. The summed E-state index contributed by atoms with van der Waals surface area (Å²) in [7, 11) is 0. The lowest BCUT2D eigenvalue weighted by atomic mass is 10.1. The van der Waals surface area contributed by atoms with E-state index in [0.29, 0.717) is 35.7 Å². The van der Waals surface area contributed by atoms with Gasteiger partial charge in [0, 0.05) is 31.7 Å². The van der Waals surface area contributed by atoms with E-state index in [1.165, 1.54) is 5.56 Å². The molecule has 0 radical (unpaired) electrons. The lowest BCUT2D eigenvalue weighted by Gasteiger charge is -2.36. The predicted octanol–water partition coefficient (Wildman–Crippen LogP) is 3.57. The third-order valence-electron chi connectivity index (χ3n) is 5.63. The summed E-state index contributed by atoms with van der Waals surface area (Å²) >= 11 is 0. The molecule has 1 aliphatic heterocycles. The molecule has 1 fully saturated rings. The van der Waals surface area contributed by atoms with Crippen LogP contribution in [0.15, 0.2) is 56.1 Å². The SMILES string of the molecule is Cc1ccc(-c2noc([C@H](C)N3CCN(Cc4nc(-c5ccco5)no4)CC3)n2)cc1. The van der Waals surface area contributed by atoms with Crippen molar-refractivity contribution >= 4 is 0 Å². The Bertz CT molecular complexity index is 1110. The number of piperazine rings is 1. The van der Waals surface area contributed by atoms with E-state index in [4.69, 9.17) is 13.5 Å². The number of rotatable bonds is 6. The van der Waals surface area contributed by atoms with Gasteiger partial charge in [-0.15, -0.1) is 0 Å². The molecule has 5 rings (SSSR count). The molecule has 0 unspecified atom stereocenters. The number of hydrogen-bond donors (Lipinski definition) is 0. The summed E-state index contributed by atoms with van der Waals surface area (Å²) in [5.74, 6) is 2.95. The third kappa shape index (κ3) is 4.28. The van der Waals surface area contributed by atoms with Crippen LogP contribution in [0.1, 0.15) is 30.3 Å². The molecule has 31 heavy (non-hydrogen) atoms. The number of furan rings is 1. The van der Waals surface area contributed by atoms with E-state index in [1.807, 2.05) is 18.2 Å². The fourth-order valence-corrected chi connectivity index (χ4v) is 3.71. The van der Waals surface area contributed by atoms with Gasteiger partial charge in [-0.05, 0) is 26.0 Å². The molecule has 1 aromatic carbocycles. The van der Waals surface area contributed by atoms with E-state index < -0.39 is 0 Å². The maximum atomic E-state index is 5.57. The smallest absolute Gasteiger partial charge is 0.244 e. The Morgan fingerprint density at radius 2 is 1.71 bits per heavy atom. The van der Waals surface area contributed by atoms with Gasteiger partial charge in [0.1, 0.15) is 0 Å². The molecule has 0 spiro atoms. The molecule has 3 aromatic heterocycles. The van der Waals surface area contributed by atoms with Gasteiger partial charge in [-0.2, -0.15) is 9.97 Å². The van der Waals surface area contributed by atoms with Crippen molar-refractivity contribution in [3.8, 4) is 23.0 Å². The normalized spacial score (nSPS) is 16.6. The van der Waals surface area contributed by atoms with Gasteiger partial charge in [0.25, 0.3) is 0 Å². The van der Waals surface area contributed by atoms with Gasteiger partial charge in [-0.3, -0.25) is 9.80 Å². The highest BCUT2D eigenvalue weighted by Gasteiger charge is 2.27. The number of aromatic nitrogens is 4. The van der Waals surface area contributed by atoms with Gasteiger partial charge in [-0.25, -0.2) is 0 Å². The number of hydrogen-bond acceptors (Lipinski definition) is 9. The van der Waals surface area contributed by atoms with Gasteiger partial charge in [0.15, 0.2) is 5.76 Å². The average molecular weight is 420 g/mol. The average Bonchev–Trinajstić information content (AvgIpc) is 3.56. The minimum atomic E-state index is 0.0582. The second-order valence-electron chi connectivity index (χ2n) is 7.80. The molecule has 160 valence electrons. The highest BCUT2D eigenvalue weighted by molar-refractivity contribution is 5.54. The molecule has 0 aliphatic carbocycles. The number of aryl methyl sites for hydroxylation is 1. The lowest BCUT2D eigenvalue weighted by molar-refractivity contribution is 0.0785. The van der Waals surface area contributed by atoms with Crippen LogP contribution in [0.25, 0.3) is 23.0 Å². The summed E-state index contributed by atoms with van der Waals surface area (Å²) in [4.78, 5) is 13.7. The van der Waals surface area contributed by atoms with Crippen LogP contribution in [-0.2, 0) is 6.54 Å². The molecule has 1 aliphatic rings. The zero-order valence-electron chi connectivity index (χ0n) is 17.6. The van der Waals surface area contributed by atoms with E-state index in [2.05, 4.69) is 56.1 Å². The largest absolute Gasteiger partial charge is 0.461 e. The summed E-state index contributed by atoms with van der Waals surface area (Å²) in [6, 6.07) is 11.8. The second-order valence-corrected chi connectivity index (χ2v) is 7.80. The van der Waals surface area contributed by atoms with Crippen LogP contribution in [0.2, 0.25) is 0 Å². The molecule has 4 heterocycles. The van der Waals surface area contributed by atoms with Gasteiger partial charge in [0.2, 0.25) is 23.4 Å². The first-order chi connectivity index (χ1) is 15.2. The van der Waals surface area contributed by atoms with Crippen LogP contribution in [0, 0.1) is 6.92 Å². The minimum absolute atomic E-state index is 0.0582. The first-order valence-corrected chi connectivity index (χ1v) is 10.4. The van der Waals surface area contributed by atoms with Crippen molar-refractivity contribution in [3.63, 3.8) is 0 Å². The molecule has 1 saturated heterocycles. The molecule has 0 N–H and O–H groups in total. The highest BCUT2D eigenvalue weighted by atomic mass is 16.5. The quantitative estimate of drug-likeness (QED) is 0.464. The molecular weight excluding hydrogens is 396 g/mol. The Labute approximate surface area is 179 Å². The van der Waals surface area contributed by atoms with Crippen LogP contribution in [0.5, 0.6) is 0 Å². The Kier molecular flexibility index (Phi) is 5.35. The van der Waals surface area contributed by atoms with E-state index >= 15 is 0 Å². The molecule has 0 bridgehead atoms. The standard InChI is InChI=1S/C22H24N6O3/c1-15-5-7-17(8-6-15)20-24-22(31-25-20)16(2)28-11-9-27(10-12-28)14-19-23-21(26-30-19)18-4-3-13-29-18/h3-8,13,16H,9-12,14H2,1-2H3/t16-/m0/s1. The first kappa shape index (κ1) is 19.7. The summed E-state index contributed by atoms with van der Waals surface area (Å²) in [5, 5.41) is 8.16. The molecule has 4 aromatic rings. The number of nitrogens with zero attached hydrogens (tertiary/aromatic N) is 6. The van der Waals surface area contributed by atoms with Crippen molar-refractivity contribution in [1.29, 1.82) is 0 Å². The van der Waals surface area contributed by atoms with Crippen molar-refractivity contribution in [2.45, 2.75) is 26.4 Å². The van der Waals surface area contributed by atoms with Crippen molar-refractivity contribution in [2.24, 2.45) is 0 Å². The van der Waals surface area contributed by atoms with Gasteiger partial charge >= 0.3 is 0 Å². The zero-order valence-corrected chi connectivity index (χ0v) is 17.6. The third-order valence-corrected chi connectivity index (χ3v) is 5.63. The Morgan fingerprint density at radius 1 is 0.935 bits per heavy atom. The topological polar surface area (TPSA) is 97.5 Å². The molecule has 1 atom stereocenters. The van der Waals surface area contributed by atoms with E-state index in [1.54, 1.807) is 12.3 Å². The second kappa shape index (κ2) is 8.44. The van der Waals surface area contributed by atoms with E-state index in [9.17, 15) is 0 Å². The van der Waals surface area contributed by atoms with Gasteiger partial charge in [-0.1, -0.05) is 40.1 Å². The van der Waals surface area contributed by atoms with Crippen molar-refractivity contribution in [3.05, 3.63) is 60.0 Å². The Hall–Kier alpha value is -3.30. The van der Waals surface area contributed by atoms with Gasteiger partial charge < -0.3 is 13.5 Å². The predicted molar refractivity (Wildman–Crippen MR) is 112 cm³/mol. The maximum Gasteiger partial charge on any atom is 0.244 e. The number of benzene rings is 1. The molecule has 0 saturated carbocycles. The van der Waals surface area contributed by atoms with Crippen LogP contribution >= 0.6 is 0 Å². The molecule has 0 amide bonds. The Balaban J connectivity index is 1.16. The van der Waals surface area contributed by atoms with Crippen molar-refractivity contribution in [1.82, 2.24) is 30.1 Å². The molecule has 9 heteroatoms. The fraction of sp³-hybridized carbons (Fsp3) is 0.364. The van der Waals surface area contributed by atoms with Crippen molar-refractivity contribution in [2.75, 3.05) is 26.2 Å². The summed E-state index contributed by atoms with van der Waals surface area (Å²) in [6.07, 6.45) is 1.60. The van der Waals surface area contributed by atoms with Crippen LogP contribution < -0.4 is 0 Å². The maximum absolute atomic E-state index is 5.57. The summed E-state index contributed by atoms with van der Waals surface area (Å²) in [6.45, 7) is 8.35. The first-order valence-electron chi connectivity index (χ1n) is 10.4. The molecular formula is C22H24N6O3. The highest BCUT2D eigenvalue weighted by Crippen LogP contribution is 2.24. The van der Waals surface area contributed by atoms with E-state index in [-0.39, 0.29) is 6.04 Å². The Morgan fingerprint density at radius 3 is 2.45 bits per heavy atom. The fourth-order valence-electron chi connectivity index (χ4n) is 3.71. The minimum Gasteiger partial charge on any atom is -0.461 e. The summed E-state index contributed by atoms with van der Waals surface area (Å²) in [5.41, 5.74) is 2.17.